The molecule has 1 rings (SSSR count). The molecule has 1 amide bonds. The first-order valence-electron chi connectivity index (χ1n) is 32.5. The first-order chi connectivity index (χ1) is 36.4. The van der Waals surface area contributed by atoms with E-state index in [0.29, 0.717) is 19.3 Å². The number of aliphatic hydroxyl groups is 6. The van der Waals surface area contributed by atoms with Crippen molar-refractivity contribution in [1.29, 1.82) is 0 Å². The standard InChI is InChI=1S/C62H124NO11P/c1-3-5-7-9-11-13-15-17-18-19-20-21-22-23-24-25-26-27-28-29-30-31-32-33-34-35-36-37-38-40-42-44-46-48-50-52-56(65)63-54(55(64)51-49-47-45-43-41-39-16-14-12-10-8-6-4-2)53-73-75(71,72)74-62-60(69)58(67)57(66)59(68)61(62)70/h54-55,57-62,64,66-70H,3-53H2,1-2H3,(H,63,65)(H,71,72)/t54-,55+,57?,58+,59?,60?,61?,62?/m0/s1. The summed E-state index contributed by atoms with van der Waals surface area (Å²) in [4.78, 5) is 23.6. The Morgan fingerprint density at radius 2 is 0.640 bits per heavy atom. The van der Waals surface area contributed by atoms with Crippen LogP contribution >= 0.6 is 7.82 Å². The van der Waals surface area contributed by atoms with Gasteiger partial charge in [0.2, 0.25) is 5.91 Å². The van der Waals surface area contributed by atoms with Crippen LogP contribution in [-0.2, 0) is 18.4 Å². The van der Waals surface area contributed by atoms with Crippen LogP contribution in [0.5, 0.6) is 0 Å². The number of unbranched alkanes of at least 4 members (excludes halogenated alkanes) is 46. The van der Waals surface area contributed by atoms with Crippen molar-refractivity contribution in [3.05, 3.63) is 0 Å². The summed E-state index contributed by atoms with van der Waals surface area (Å²) < 4.78 is 23.1. The second kappa shape index (κ2) is 51.5. The first-order valence-corrected chi connectivity index (χ1v) is 34.0. The SMILES string of the molecule is CCCCCCCCCCCCCCCCCCCCCCCCCCCCCCCCCCCCCC(=O)N[C@@H](COP(=O)(O)OC1C(O)C(O)C(O)[C@@H](O)C1O)[C@H](O)CCCCCCCCCCCCCCC. The topological polar surface area (TPSA) is 206 Å². The lowest BCUT2D eigenvalue weighted by atomic mass is 9.85. The number of hydrogen-bond acceptors (Lipinski definition) is 10. The molecular formula is C62H124NO11P. The Balaban J connectivity index is 2.13. The number of phosphoric acid groups is 1. The fraction of sp³-hybridized carbons (Fsp3) is 0.984. The molecular weight excluding hydrogens is 966 g/mol. The summed E-state index contributed by atoms with van der Waals surface area (Å²) in [5, 5.41) is 64.5. The number of carbonyl (C=O) groups excluding carboxylic acids is 1. The van der Waals surface area contributed by atoms with Crippen molar-refractivity contribution < 1.29 is 53.9 Å². The molecule has 1 aliphatic rings. The lowest BCUT2D eigenvalue weighted by molar-refractivity contribution is -0.220. The van der Waals surface area contributed by atoms with Crippen LogP contribution in [0, 0.1) is 0 Å². The summed E-state index contributed by atoms with van der Waals surface area (Å²) in [7, 11) is -5.06. The Bertz CT molecular complexity index is 1270. The molecule has 0 aliphatic heterocycles. The molecule has 13 heteroatoms. The Morgan fingerprint density at radius 1 is 0.400 bits per heavy atom. The molecule has 0 aromatic rings. The fourth-order valence-corrected chi connectivity index (χ4v) is 11.9. The van der Waals surface area contributed by atoms with Crippen molar-refractivity contribution >= 4 is 13.7 Å². The molecule has 1 aliphatic carbocycles. The summed E-state index contributed by atoms with van der Waals surface area (Å²) in [5.74, 6) is -0.300. The molecule has 1 fully saturated rings. The molecule has 9 atom stereocenters. The van der Waals surface area contributed by atoms with E-state index >= 15 is 0 Å². The minimum absolute atomic E-state index is 0.243. The number of aliphatic hydroxyl groups excluding tert-OH is 6. The highest BCUT2D eigenvalue weighted by atomic mass is 31.2. The molecule has 0 bridgehead atoms. The van der Waals surface area contributed by atoms with Gasteiger partial charge in [0.15, 0.2) is 0 Å². The number of amides is 1. The molecule has 6 unspecified atom stereocenters. The Morgan fingerprint density at radius 3 is 0.920 bits per heavy atom. The third kappa shape index (κ3) is 41.9. The molecule has 0 radical (unpaired) electrons. The highest BCUT2D eigenvalue weighted by molar-refractivity contribution is 7.47. The van der Waals surface area contributed by atoms with Crippen LogP contribution in [0.2, 0.25) is 0 Å². The number of hydrogen-bond donors (Lipinski definition) is 8. The van der Waals surface area contributed by atoms with Crippen molar-refractivity contribution in [2.45, 2.75) is 384 Å². The van der Waals surface area contributed by atoms with Crippen molar-refractivity contribution in [3.8, 4) is 0 Å². The average Bonchev–Trinajstić information content (AvgIpc) is 3.40. The molecule has 12 nitrogen and oxygen atoms in total. The van der Waals surface area contributed by atoms with E-state index in [1.807, 2.05) is 0 Å². The van der Waals surface area contributed by atoms with Crippen LogP contribution in [0.4, 0.5) is 0 Å². The maximum atomic E-state index is 13.1. The molecule has 1 saturated carbocycles. The van der Waals surface area contributed by atoms with Crippen LogP contribution in [-0.4, -0.2) is 96.8 Å². The van der Waals surface area contributed by atoms with Crippen molar-refractivity contribution in [2.24, 2.45) is 0 Å². The van der Waals surface area contributed by atoms with E-state index in [0.717, 1.165) is 38.5 Å². The zero-order chi connectivity index (χ0) is 54.9. The number of phosphoric ester groups is 1. The van der Waals surface area contributed by atoms with Gasteiger partial charge >= 0.3 is 7.82 Å². The van der Waals surface area contributed by atoms with Crippen LogP contribution < -0.4 is 5.32 Å². The summed E-state index contributed by atoms with van der Waals surface area (Å²) in [6.07, 6.45) is 50.4. The van der Waals surface area contributed by atoms with Gasteiger partial charge in [-0.15, -0.1) is 0 Å². The first kappa shape index (κ1) is 72.4. The van der Waals surface area contributed by atoms with Gasteiger partial charge in [-0.1, -0.05) is 316 Å². The van der Waals surface area contributed by atoms with E-state index in [2.05, 4.69) is 19.2 Å². The highest BCUT2D eigenvalue weighted by Crippen LogP contribution is 2.47. The second-order valence-electron chi connectivity index (χ2n) is 23.3. The van der Waals surface area contributed by atoms with Gasteiger partial charge in [-0.2, -0.15) is 0 Å². The fourth-order valence-electron chi connectivity index (χ4n) is 11.0. The summed E-state index contributed by atoms with van der Waals surface area (Å²) in [5.41, 5.74) is 0. The lowest BCUT2D eigenvalue weighted by Gasteiger charge is -2.41. The molecule has 0 saturated heterocycles. The number of nitrogens with one attached hydrogen (secondary N) is 1. The normalized spacial score (nSPS) is 20.6. The molecule has 0 aromatic heterocycles. The zero-order valence-electron chi connectivity index (χ0n) is 48.9. The zero-order valence-corrected chi connectivity index (χ0v) is 49.8. The molecule has 0 spiro atoms. The molecule has 8 N–H and O–H groups in total. The van der Waals surface area contributed by atoms with Gasteiger partial charge in [0.25, 0.3) is 0 Å². The van der Waals surface area contributed by atoms with E-state index in [1.54, 1.807) is 0 Å². The van der Waals surface area contributed by atoms with Crippen LogP contribution in [0.1, 0.15) is 335 Å². The quantitative estimate of drug-likeness (QED) is 0.0212. The van der Waals surface area contributed by atoms with Gasteiger partial charge in [-0.3, -0.25) is 13.8 Å². The summed E-state index contributed by atoms with van der Waals surface area (Å²) in [6.45, 7) is 3.94. The van der Waals surface area contributed by atoms with E-state index in [-0.39, 0.29) is 12.3 Å². The molecule has 0 heterocycles. The van der Waals surface area contributed by atoms with Gasteiger partial charge in [0.1, 0.15) is 36.6 Å². The van der Waals surface area contributed by atoms with E-state index in [1.165, 1.54) is 257 Å². The third-order valence-electron chi connectivity index (χ3n) is 16.2. The van der Waals surface area contributed by atoms with Crippen molar-refractivity contribution in [2.75, 3.05) is 6.61 Å². The predicted molar refractivity (Wildman–Crippen MR) is 311 cm³/mol. The lowest BCUT2D eigenvalue weighted by Crippen LogP contribution is -2.64. The minimum Gasteiger partial charge on any atom is -0.391 e. The number of rotatable bonds is 57. The largest absolute Gasteiger partial charge is 0.472 e. The Hall–Kier alpha value is -0.660. The Labute approximate surface area is 461 Å². The molecule has 448 valence electrons. The Kier molecular flexibility index (Phi) is 49.7. The van der Waals surface area contributed by atoms with Gasteiger partial charge < -0.3 is 40.8 Å². The summed E-state index contributed by atoms with van der Waals surface area (Å²) in [6, 6.07) is -1.03. The van der Waals surface area contributed by atoms with Crippen LogP contribution in [0.15, 0.2) is 0 Å². The van der Waals surface area contributed by atoms with Crippen molar-refractivity contribution in [3.63, 3.8) is 0 Å². The van der Waals surface area contributed by atoms with Gasteiger partial charge in [-0.05, 0) is 12.8 Å². The summed E-state index contributed by atoms with van der Waals surface area (Å²) >= 11 is 0. The smallest absolute Gasteiger partial charge is 0.391 e. The minimum atomic E-state index is -5.06. The van der Waals surface area contributed by atoms with E-state index < -0.39 is 63.2 Å². The van der Waals surface area contributed by atoms with E-state index in [4.69, 9.17) is 9.05 Å². The molecule has 0 aromatic carbocycles. The number of carbonyl (C=O) groups is 1. The maximum Gasteiger partial charge on any atom is 0.472 e. The van der Waals surface area contributed by atoms with E-state index in [9.17, 15) is 44.9 Å². The van der Waals surface area contributed by atoms with Gasteiger partial charge in [0, 0.05) is 6.42 Å². The second-order valence-corrected chi connectivity index (χ2v) is 24.7. The van der Waals surface area contributed by atoms with Crippen LogP contribution in [0.3, 0.4) is 0 Å². The van der Waals surface area contributed by atoms with Crippen LogP contribution in [0.25, 0.3) is 0 Å². The average molecular weight is 1090 g/mol. The predicted octanol–water partition coefficient (Wildman–Crippen LogP) is 15.7. The third-order valence-corrected chi connectivity index (χ3v) is 17.2. The monoisotopic (exact) mass is 1090 g/mol. The highest BCUT2D eigenvalue weighted by Gasteiger charge is 2.51. The van der Waals surface area contributed by atoms with Gasteiger partial charge in [0.05, 0.1) is 18.8 Å². The maximum absolute atomic E-state index is 13.1. The molecule has 75 heavy (non-hydrogen) atoms. The van der Waals surface area contributed by atoms with Crippen molar-refractivity contribution in [1.82, 2.24) is 5.32 Å². The van der Waals surface area contributed by atoms with Gasteiger partial charge in [-0.25, -0.2) is 4.57 Å².